The minimum atomic E-state index is -1.53. The lowest BCUT2D eigenvalue weighted by molar-refractivity contribution is 0.449. The molecular formula is C21H18F3N5. The summed E-state index contributed by atoms with van der Waals surface area (Å²) in [6, 6.07) is 11.6. The van der Waals surface area contributed by atoms with Gasteiger partial charge in [0.1, 0.15) is 5.82 Å². The van der Waals surface area contributed by atoms with Crippen LogP contribution in [0.1, 0.15) is 11.3 Å². The number of H-pyrrole nitrogens is 1. The molecule has 2 aromatic heterocycles. The molecule has 148 valence electrons. The number of nitrogens with one attached hydrogen (secondary N) is 3. The van der Waals surface area contributed by atoms with Crippen LogP contribution in [0.25, 0.3) is 10.9 Å². The average molecular weight is 397 g/mol. The van der Waals surface area contributed by atoms with E-state index in [0.29, 0.717) is 18.2 Å². The molecular weight excluding hydrogens is 379 g/mol. The van der Waals surface area contributed by atoms with Crippen molar-refractivity contribution in [3.63, 3.8) is 0 Å². The third-order valence-corrected chi connectivity index (χ3v) is 4.50. The predicted molar refractivity (Wildman–Crippen MR) is 107 cm³/mol. The number of aryl methyl sites for hydroxylation is 1. The standard InChI is InChI=1S/C21H18F3N5/c1-12-10-18(28-17-7-6-15(22)19(23)20(17)24)29-21(27-12)25-9-8-13-11-26-16-5-3-2-4-14(13)16/h2-7,10-11,26H,8-9H2,1H3,(H2,25,27,28,29). The molecule has 4 aromatic rings. The van der Waals surface area contributed by atoms with E-state index in [2.05, 4.69) is 31.7 Å². The van der Waals surface area contributed by atoms with E-state index in [9.17, 15) is 13.2 Å². The molecule has 29 heavy (non-hydrogen) atoms. The predicted octanol–water partition coefficient (Wildman–Crippen LogP) is 5.08. The lowest BCUT2D eigenvalue weighted by atomic mass is 10.1. The van der Waals surface area contributed by atoms with E-state index in [-0.39, 0.29) is 11.5 Å². The van der Waals surface area contributed by atoms with Crippen LogP contribution >= 0.6 is 0 Å². The smallest absolute Gasteiger partial charge is 0.224 e. The van der Waals surface area contributed by atoms with E-state index in [1.165, 1.54) is 5.56 Å². The second kappa shape index (κ2) is 7.83. The van der Waals surface area contributed by atoms with E-state index < -0.39 is 17.5 Å². The number of halogens is 3. The topological polar surface area (TPSA) is 65.6 Å². The first-order valence-corrected chi connectivity index (χ1v) is 9.06. The van der Waals surface area contributed by atoms with Crippen molar-refractivity contribution in [1.29, 1.82) is 0 Å². The molecule has 0 aliphatic heterocycles. The minimum Gasteiger partial charge on any atom is -0.361 e. The van der Waals surface area contributed by atoms with Gasteiger partial charge in [-0.3, -0.25) is 0 Å². The molecule has 3 N–H and O–H groups in total. The van der Waals surface area contributed by atoms with Crippen LogP contribution in [0, 0.1) is 24.4 Å². The number of fused-ring (bicyclic) bond motifs is 1. The second-order valence-electron chi connectivity index (χ2n) is 6.60. The van der Waals surface area contributed by atoms with Crippen LogP contribution < -0.4 is 10.6 Å². The minimum absolute atomic E-state index is 0.202. The van der Waals surface area contributed by atoms with Crippen molar-refractivity contribution in [2.45, 2.75) is 13.3 Å². The highest BCUT2D eigenvalue weighted by Gasteiger charge is 2.14. The van der Waals surface area contributed by atoms with Gasteiger partial charge in [0.2, 0.25) is 5.95 Å². The summed E-state index contributed by atoms with van der Waals surface area (Å²) >= 11 is 0. The van der Waals surface area contributed by atoms with Crippen molar-refractivity contribution in [1.82, 2.24) is 15.0 Å². The van der Waals surface area contributed by atoms with Crippen LogP contribution in [-0.4, -0.2) is 21.5 Å². The van der Waals surface area contributed by atoms with Gasteiger partial charge >= 0.3 is 0 Å². The summed E-state index contributed by atoms with van der Waals surface area (Å²) in [7, 11) is 0. The summed E-state index contributed by atoms with van der Waals surface area (Å²) in [5.74, 6) is -3.44. The third-order valence-electron chi connectivity index (χ3n) is 4.50. The fourth-order valence-corrected chi connectivity index (χ4v) is 3.12. The number of benzene rings is 2. The highest BCUT2D eigenvalue weighted by Crippen LogP contribution is 2.23. The molecule has 0 aliphatic rings. The Labute approximate surface area is 165 Å². The molecule has 0 spiro atoms. The van der Waals surface area contributed by atoms with E-state index in [1.807, 2.05) is 24.4 Å². The maximum atomic E-state index is 13.9. The summed E-state index contributed by atoms with van der Waals surface area (Å²) < 4.78 is 40.4. The quantitative estimate of drug-likeness (QED) is 0.397. The summed E-state index contributed by atoms with van der Waals surface area (Å²) in [6.45, 7) is 2.35. The van der Waals surface area contributed by atoms with Gasteiger partial charge in [-0.25, -0.2) is 18.2 Å². The molecule has 2 aromatic carbocycles. The zero-order chi connectivity index (χ0) is 20.4. The van der Waals surface area contributed by atoms with Crippen molar-refractivity contribution in [3.05, 3.63) is 77.4 Å². The summed E-state index contributed by atoms with van der Waals surface area (Å²) in [5.41, 5.74) is 2.68. The van der Waals surface area contributed by atoms with Gasteiger partial charge in [0.25, 0.3) is 0 Å². The SMILES string of the molecule is Cc1cc(Nc2ccc(F)c(F)c2F)nc(NCCc2c[nH]c3ccccc23)n1. The number of para-hydroxylation sites is 1. The Bertz CT molecular complexity index is 1170. The van der Waals surface area contributed by atoms with E-state index in [4.69, 9.17) is 0 Å². The highest BCUT2D eigenvalue weighted by atomic mass is 19.2. The van der Waals surface area contributed by atoms with Gasteiger partial charge in [0, 0.05) is 35.4 Å². The Kier molecular flexibility index (Phi) is 5.07. The normalized spacial score (nSPS) is 11.0. The zero-order valence-electron chi connectivity index (χ0n) is 15.6. The average Bonchev–Trinajstić information content (AvgIpc) is 3.11. The van der Waals surface area contributed by atoms with Gasteiger partial charge in [-0.05, 0) is 37.1 Å². The fourth-order valence-electron chi connectivity index (χ4n) is 3.12. The van der Waals surface area contributed by atoms with Crippen molar-refractivity contribution in [2.24, 2.45) is 0 Å². The number of aromatic amines is 1. The molecule has 0 radical (unpaired) electrons. The van der Waals surface area contributed by atoms with E-state index in [1.54, 1.807) is 13.0 Å². The molecule has 0 atom stereocenters. The highest BCUT2D eigenvalue weighted by molar-refractivity contribution is 5.83. The van der Waals surface area contributed by atoms with Crippen molar-refractivity contribution in [3.8, 4) is 0 Å². The Balaban J connectivity index is 1.46. The molecule has 0 fully saturated rings. The van der Waals surface area contributed by atoms with E-state index >= 15 is 0 Å². The van der Waals surface area contributed by atoms with Crippen LogP contribution in [0.3, 0.4) is 0 Å². The first kappa shape index (κ1) is 18.8. The molecule has 0 amide bonds. The maximum absolute atomic E-state index is 13.9. The molecule has 8 heteroatoms. The van der Waals surface area contributed by atoms with Gasteiger partial charge < -0.3 is 15.6 Å². The third kappa shape index (κ3) is 4.01. The Hall–Kier alpha value is -3.55. The number of hydrogen-bond acceptors (Lipinski definition) is 4. The zero-order valence-corrected chi connectivity index (χ0v) is 15.6. The lowest BCUT2D eigenvalue weighted by Gasteiger charge is -2.11. The Morgan fingerprint density at radius 2 is 1.83 bits per heavy atom. The number of aromatic nitrogens is 3. The maximum Gasteiger partial charge on any atom is 0.224 e. The lowest BCUT2D eigenvalue weighted by Crippen LogP contribution is -2.10. The van der Waals surface area contributed by atoms with Crippen molar-refractivity contribution < 1.29 is 13.2 Å². The number of anilines is 3. The van der Waals surface area contributed by atoms with Gasteiger partial charge in [-0.15, -0.1) is 0 Å². The first-order valence-electron chi connectivity index (χ1n) is 9.06. The summed E-state index contributed by atoms with van der Waals surface area (Å²) in [6.07, 6.45) is 2.73. The molecule has 0 aliphatic carbocycles. The van der Waals surface area contributed by atoms with Crippen LogP contribution in [0.5, 0.6) is 0 Å². The summed E-state index contributed by atoms with van der Waals surface area (Å²) in [4.78, 5) is 11.8. The molecule has 0 bridgehead atoms. The van der Waals surface area contributed by atoms with Crippen LogP contribution in [0.4, 0.5) is 30.6 Å². The van der Waals surface area contributed by atoms with Crippen molar-refractivity contribution >= 4 is 28.4 Å². The number of nitrogens with zero attached hydrogens (tertiary/aromatic N) is 2. The van der Waals surface area contributed by atoms with Gasteiger partial charge in [-0.1, -0.05) is 18.2 Å². The molecule has 0 unspecified atom stereocenters. The van der Waals surface area contributed by atoms with Crippen LogP contribution in [0.2, 0.25) is 0 Å². The van der Waals surface area contributed by atoms with Gasteiger partial charge in [0.05, 0.1) is 5.69 Å². The molecule has 5 nitrogen and oxygen atoms in total. The molecule has 0 saturated heterocycles. The second-order valence-corrected chi connectivity index (χ2v) is 6.60. The van der Waals surface area contributed by atoms with Crippen LogP contribution in [0.15, 0.2) is 48.7 Å². The largest absolute Gasteiger partial charge is 0.361 e. The molecule has 4 rings (SSSR count). The Morgan fingerprint density at radius 1 is 1.00 bits per heavy atom. The number of rotatable bonds is 6. The summed E-state index contributed by atoms with van der Waals surface area (Å²) in [5, 5.41) is 6.98. The van der Waals surface area contributed by atoms with Crippen LogP contribution in [-0.2, 0) is 6.42 Å². The van der Waals surface area contributed by atoms with Gasteiger partial charge in [-0.2, -0.15) is 4.98 Å². The monoisotopic (exact) mass is 397 g/mol. The number of hydrogen-bond donors (Lipinski definition) is 3. The van der Waals surface area contributed by atoms with Crippen molar-refractivity contribution in [2.75, 3.05) is 17.2 Å². The first-order chi connectivity index (χ1) is 14.0. The van der Waals surface area contributed by atoms with Gasteiger partial charge in [0.15, 0.2) is 17.5 Å². The fraction of sp³-hybridized carbons (Fsp3) is 0.143. The van der Waals surface area contributed by atoms with E-state index in [0.717, 1.165) is 29.5 Å². The molecule has 2 heterocycles. The Morgan fingerprint density at radius 3 is 2.69 bits per heavy atom. The molecule has 0 saturated carbocycles.